The smallest absolute Gasteiger partial charge is 0.306 e. The predicted octanol–water partition coefficient (Wildman–Crippen LogP) is 4.38. The van der Waals surface area contributed by atoms with Crippen molar-refractivity contribution < 1.29 is 14.3 Å². The van der Waals surface area contributed by atoms with Crippen molar-refractivity contribution >= 4 is 17.4 Å². The number of fused-ring (bicyclic) bond motifs is 1. The molecule has 0 N–H and O–H groups in total. The van der Waals surface area contributed by atoms with Crippen LogP contribution in [0.1, 0.15) is 57.9 Å². The van der Waals surface area contributed by atoms with E-state index < -0.39 is 0 Å². The number of likely N-dealkylation sites (N-methyl/N-ethyl adjacent to an activating group) is 1. The molecular weight excluding hydrogens is 326 g/mol. The number of para-hydroxylation sites is 1. The molecule has 0 saturated heterocycles. The summed E-state index contributed by atoms with van der Waals surface area (Å²) in [6.45, 7) is 4.05. The summed E-state index contributed by atoms with van der Waals surface area (Å²) in [5.41, 5.74) is 3.01. The van der Waals surface area contributed by atoms with Crippen LogP contribution in [0.3, 0.4) is 0 Å². The molecule has 1 saturated carbocycles. The van der Waals surface area contributed by atoms with Crippen LogP contribution >= 0.6 is 0 Å². The van der Waals surface area contributed by atoms with Crippen molar-refractivity contribution in [3.63, 3.8) is 0 Å². The van der Waals surface area contributed by atoms with Crippen LogP contribution in [-0.2, 0) is 19.7 Å². The Morgan fingerprint density at radius 3 is 2.62 bits per heavy atom. The molecule has 0 unspecified atom stereocenters. The highest BCUT2D eigenvalue weighted by Gasteiger charge is 2.38. The number of hydrogen-bond acceptors (Lipinski definition) is 4. The molecule has 1 fully saturated rings. The van der Waals surface area contributed by atoms with Crippen LogP contribution in [0.4, 0.5) is 5.69 Å². The lowest BCUT2D eigenvalue weighted by molar-refractivity contribution is -0.147. The average molecular weight is 355 g/mol. The van der Waals surface area contributed by atoms with Crippen LogP contribution in [0.5, 0.6) is 0 Å². The predicted molar refractivity (Wildman–Crippen MR) is 103 cm³/mol. The number of rotatable bonds is 6. The summed E-state index contributed by atoms with van der Waals surface area (Å²) in [6, 6.07) is 8.18. The van der Waals surface area contributed by atoms with E-state index in [-0.39, 0.29) is 23.8 Å². The van der Waals surface area contributed by atoms with Gasteiger partial charge in [0, 0.05) is 36.3 Å². The molecule has 1 aliphatic heterocycles. The quantitative estimate of drug-likeness (QED) is 0.561. The maximum absolute atomic E-state index is 12.4. The van der Waals surface area contributed by atoms with Crippen molar-refractivity contribution in [2.75, 3.05) is 18.6 Å². The van der Waals surface area contributed by atoms with Crippen LogP contribution in [0, 0.1) is 5.92 Å². The molecule has 1 aromatic carbocycles. The molecule has 1 aliphatic carbocycles. The number of benzene rings is 1. The van der Waals surface area contributed by atoms with E-state index in [1.165, 1.54) is 31.2 Å². The highest BCUT2D eigenvalue weighted by molar-refractivity contribution is 5.94. The fraction of sp³-hybridized carbons (Fsp3) is 0.545. The first-order valence-corrected chi connectivity index (χ1v) is 9.63. The van der Waals surface area contributed by atoms with Crippen molar-refractivity contribution in [3.8, 4) is 0 Å². The van der Waals surface area contributed by atoms with Gasteiger partial charge in [-0.25, -0.2) is 0 Å². The Morgan fingerprint density at radius 2 is 1.92 bits per heavy atom. The van der Waals surface area contributed by atoms with Gasteiger partial charge in [-0.3, -0.25) is 9.59 Å². The molecule has 0 bridgehead atoms. The van der Waals surface area contributed by atoms with Crippen LogP contribution in [0.2, 0.25) is 0 Å². The zero-order chi connectivity index (χ0) is 18.7. The number of esters is 1. The van der Waals surface area contributed by atoms with Gasteiger partial charge in [0.15, 0.2) is 12.4 Å². The second-order valence-corrected chi connectivity index (χ2v) is 8.05. The highest BCUT2D eigenvalue weighted by Crippen LogP contribution is 2.46. The first-order valence-electron chi connectivity index (χ1n) is 9.63. The van der Waals surface area contributed by atoms with Gasteiger partial charge in [0.05, 0.1) is 0 Å². The fourth-order valence-electron chi connectivity index (χ4n) is 4.30. The van der Waals surface area contributed by atoms with Gasteiger partial charge >= 0.3 is 5.97 Å². The lowest BCUT2D eigenvalue weighted by Gasteiger charge is -2.23. The van der Waals surface area contributed by atoms with E-state index in [4.69, 9.17) is 4.74 Å². The number of allylic oxidation sites excluding steroid dienone is 1. The first kappa shape index (κ1) is 18.7. The minimum absolute atomic E-state index is 0.165. The average Bonchev–Trinajstić information content (AvgIpc) is 3.21. The van der Waals surface area contributed by atoms with E-state index in [1.54, 1.807) is 6.08 Å². The molecule has 26 heavy (non-hydrogen) atoms. The van der Waals surface area contributed by atoms with Crippen molar-refractivity contribution in [2.24, 2.45) is 5.92 Å². The van der Waals surface area contributed by atoms with Crippen molar-refractivity contribution in [1.29, 1.82) is 0 Å². The van der Waals surface area contributed by atoms with Gasteiger partial charge in [-0.1, -0.05) is 57.7 Å². The first-order chi connectivity index (χ1) is 12.4. The molecule has 0 atom stereocenters. The highest BCUT2D eigenvalue weighted by atomic mass is 16.5. The molecule has 2 aliphatic rings. The summed E-state index contributed by atoms with van der Waals surface area (Å²) in [5.74, 6) is 0.236. The molecular formula is C22H29NO3. The summed E-state index contributed by atoms with van der Waals surface area (Å²) < 4.78 is 5.20. The normalized spacial score (nSPS) is 20.4. The monoisotopic (exact) mass is 355 g/mol. The minimum atomic E-state index is -0.258. The Morgan fingerprint density at radius 1 is 1.23 bits per heavy atom. The van der Waals surface area contributed by atoms with E-state index in [0.717, 1.165) is 17.8 Å². The van der Waals surface area contributed by atoms with E-state index in [1.807, 2.05) is 19.2 Å². The number of ketones is 1. The summed E-state index contributed by atoms with van der Waals surface area (Å²) in [7, 11) is 1.97. The molecule has 0 aromatic heterocycles. The number of nitrogens with zero attached hydrogens (tertiary/aromatic N) is 1. The number of anilines is 1. The Balaban J connectivity index is 1.56. The topological polar surface area (TPSA) is 46.6 Å². The third-order valence-corrected chi connectivity index (χ3v) is 5.85. The maximum Gasteiger partial charge on any atom is 0.306 e. The fourth-order valence-corrected chi connectivity index (χ4v) is 4.30. The van der Waals surface area contributed by atoms with E-state index in [9.17, 15) is 9.59 Å². The van der Waals surface area contributed by atoms with Gasteiger partial charge in [0.2, 0.25) is 0 Å². The summed E-state index contributed by atoms with van der Waals surface area (Å²) >= 11 is 0. The van der Waals surface area contributed by atoms with E-state index in [0.29, 0.717) is 12.3 Å². The Hall–Kier alpha value is -2.10. The molecule has 4 nitrogen and oxygen atoms in total. The maximum atomic E-state index is 12.4. The van der Waals surface area contributed by atoms with Gasteiger partial charge in [-0.2, -0.15) is 0 Å². The van der Waals surface area contributed by atoms with Crippen molar-refractivity contribution in [1.82, 2.24) is 0 Å². The number of ether oxygens (including phenoxy) is 1. The third kappa shape index (κ3) is 3.84. The third-order valence-electron chi connectivity index (χ3n) is 5.85. The molecule has 0 spiro atoms. The Labute approximate surface area is 156 Å². The van der Waals surface area contributed by atoms with Crippen LogP contribution in [0.15, 0.2) is 36.0 Å². The second kappa shape index (κ2) is 7.65. The van der Waals surface area contributed by atoms with E-state index in [2.05, 4.69) is 30.9 Å². The summed E-state index contributed by atoms with van der Waals surface area (Å²) in [6.07, 6.45) is 7.93. The van der Waals surface area contributed by atoms with E-state index >= 15 is 0 Å². The second-order valence-electron chi connectivity index (χ2n) is 8.05. The molecule has 0 radical (unpaired) electrons. The molecule has 1 aromatic rings. The molecule has 4 heteroatoms. The number of hydrogen-bond donors (Lipinski definition) is 0. The van der Waals surface area contributed by atoms with Gasteiger partial charge < -0.3 is 9.64 Å². The van der Waals surface area contributed by atoms with Gasteiger partial charge in [-0.15, -0.1) is 0 Å². The zero-order valence-electron chi connectivity index (χ0n) is 16.1. The SMILES string of the molecule is CN1C(=CC(=O)COC(=O)CCC2CCCC2)C(C)(C)c2ccccc21. The summed E-state index contributed by atoms with van der Waals surface area (Å²) in [5, 5.41) is 0. The van der Waals surface area contributed by atoms with Gasteiger partial charge in [0.25, 0.3) is 0 Å². The lowest BCUT2D eigenvalue weighted by atomic mass is 9.83. The van der Waals surface area contributed by atoms with Gasteiger partial charge in [0.1, 0.15) is 0 Å². The largest absolute Gasteiger partial charge is 0.457 e. The number of carbonyl (C=O) groups excluding carboxylic acids is 2. The standard InChI is InChI=1S/C22H29NO3/c1-22(2)18-10-6-7-11-19(18)23(3)20(22)14-17(24)15-26-21(25)13-12-16-8-4-5-9-16/h6-7,10-11,14,16H,4-5,8-9,12-13,15H2,1-3H3. The van der Waals surface area contributed by atoms with Crippen molar-refractivity contribution in [3.05, 3.63) is 41.6 Å². The molecule has 1 heterocycles. The molecule has 140 valence electrons. The van der Waals surface area contributed by atoms with Crippen LogP contribution in [0.25, 0.3) is 0 Å². The minimum Gasteiger partial charge on any atom is -0.457 e. The summed E-state index contributed by atoms with van der Waals surface area (Å²) in [4.78, 5) is 26.3. The molecule has 3 rings (SSSR count). The zero-order valence-corrected chi connectivity index (χ0v) is 16.1. The van der Waals surface area contributed by atoms with Crippen LogP contribution < -0.4 is 4.90 Å². The Bertz CT molecular complexity index is 714. The number of carbonyl (C=O) groups is 2. The van der Waals surface area contributed by atoms with Gasteiger partial charge in [-0.05, 0) is 24.0 Å². The van der Waals surface area contributed by atoms with Crippen molar-refractivity contribution in [2.45, 2.75) is 57.8 Å². The lowest BCUT2D eigenvalue weighted by Crippen LogP contribution is -2.25. The Kier molecular flexibility index (Phi) is 5.49. The van der Waals surface area contributed by atoms with Crippen LogP contribution in [-0.4, -0.2) is 25.4 Å². The molecule has 0 amide bonds.